The van der Waals surface area contributed by atoms with E-state index in [1.165, 1.54) is 0 Å². The number of ether oxygens (including phenoxy) is 1. The first-order valence-corrected chi connectivity index (χ1v) is 17.3. The van der Waals surface area contributed by atoms with Gasteiger partial charge in [0, 0.05) is 29.2 Å². The van der Waals surface area contributed by atoms with Crippen molar-refractivity contribution in [2.45, 2.75) is 103 Å². The van der Waals surface area contributed by atoms with Gasteiger partial charge < -0.3 is 15.4 Å². The van der Waals surface area contributed by atoms with Gasteiger partial charge in [-0.1, -0.05) is 32.0 Å². The van der Waals surface area contributed by atoms with Crippen molar-refractivity contribution < 1.29 is 17.9 Å². The lowest BCUT2D eigenvalue weighted by atomic mass is 9.91. The molecular weight excluding hydrogens is 602 g/mol. The summed E-state index contributed by atoms with van der Waals surface area (Å²) in [6, 6.07) is 13.0. The molecule has 11 nitrogen and oxygen atoms in total. The summed E-state index contributed by atoms with van der Waals surface area (Å²) in [5, 5.41) is 16.1. The van der Waals surface area contributed by atoms with Crippen molar-refractivity contribution in [1.29, 1.82) is 0 Å². The van der Waals surface area contributed by atoms with Gasteiger partial charge >= 0.3 is 6.09 Å². The second-order valence-corrected chi connectivity index (χ2v) is 14.4. The van der Waals surface area contributed by atoms with E-state index < -0.39 is 15.6 Å². The minimum absolute atomic E-state index is 0.0916. The van der Waals surface area contributed by atoms with Gasteiger partial charge in [-0.3, -0.25) is 4.72 Å². The fourth-order valence-electron chi connectivity index (χ4n) is 5.78. The third-order valence-electron chi connectivity index (χ3n) is 8.07. The van der Waals surface area contributed by atoms with Crippen LogP contribution in [0.2, 0.25) is 0 Å². The highest BCUT2D eigenvalue weighted by Gasteiger charge is 2.25. The van der Waals surface area contributed by atoms with Crippen molar-refractivity contribution in [2.75, 3.05) is 10.0 Å². The average Bonchev–Trinajstić information content (AvgIpc) is 3.00. The lowest BCUT2D eigenvalue weighted by Gasteiger charge is -2.30. The van der Waals surface area contributed by atoms with Crippen molar-refractivity contribution in [1.82, 2.24) is 25.5 Å². The van der Waals surface area contributed by atoms with Crippen molar-refractivity contribution >= 4 is 38.8 Å². The number of carbonyl (C=O) groups excluding carboxylic acids is 1. The summed E-state index contributed by atoms with van der Waals surface area (Å²) in [5.74, 6) is 0.756. The number of sulfonamides is 1. The van der Waals surface area contributed by atoms with Gasteiger partial charge in [0.2, 0.25) is 5.95 Å². The number of aryl methyl sites for hydroxylation is 3. The Bertz CT molecular complexity index is 1830. The van der Waals surface area contributed by atoms with E-state index in [1.807, 2.05) is 40.0 Å². The summed E-state index contributed by atoms with van der Waals surface area (Å²) in [7, 11) is -3.81. The van der Waals surface area contributed by atoms with Gasteiger partial charge in [-0.05, 0) is 107 Å². The van der Waals surface area contributed by atoms with Gasteiger partial charge in [0.15, 0.2) is 5.82 Å². The van der Waals surface area contributed by atoms with E-state index >= 15 is 0 Å². The molecule has 1 aliphatic rings. The molecule has 0 atom stereocenters. The van der Waals surface area contributed by atoms with E-state index in [2.05, 4.69) is 43.5 Å². The van der Waals surface area contributed by atoms with Crippen LogP contribution in [0.1, 0.15) is 77.0 Å². The smallest absolute Gasteiger partial charge is 0.407 e. The molecule has 2 aromatic heterocycles. The molecule has 1 fully saturated rings. The summed E-state index contributed by atoms with van der Waals surface area (Å²) in [5.41, 5.74) is 4.50. The number of alkyl carbamates (subject to hydrolysis) is 1. The van der Waals surface area contributed by atoms with E-state index in [0.29, 0.717) is 23.6 Å². The highest BCUT2D eigenvalue weighted by molar-refractivity contribution is 7.92. The molecule has 5 rings (SSSR count). The van der Waals surface area contributed by atoms with Gasteiger partial charge in [-0.15, -0.1) is 10.2 Å². The quantitative estimate of drug-likeness (QED) is 0.184. The highest BCUT2D eigenvalue weighted by Crippen LogP contribution is 2.31. The molecular formula is C34H43N7O4S. The van der Waals surface area contributed by atoms with E-state index in [9.17, 15) is 13.2 Å². The number of rotatable bonds is 9. The second kappa shape index (κ2) is 13.6. The molecule has 0 saturated heterocycles. The molecule has 4 aromatic rings. The van der Waals surface area contributed by atoms with Gasteiger partial charge in [-0.25, -0.2) is 23.2 Å². The number of nitrogens with one attached hydrogen (secondary N) is 3. The molecule has 2 aromatic carbocycles. The predicted molar refractivity (Wildman–Crippen MR) is 180 cm³/mol. The monoisotopic (exact) mass is 645 g/mol. The number of aromatic nitrogens is 4. The number of hydrogen-bond donors (Lipinski definition) is 3. The maximum Gasteiger partial charge on any atom is 0.407 e. The number of nitrogens with zero attached hydrogens (tertiary/aromatic N) is 4. The van der Waals surface area contributed by atoms with Crippen molar-refractivity contribution in [3.8, 4) is 11.3 Å². The number of fused-ring (bicyclic) bond motifs is 1. The highest BCUT2D eigenvalue weighted by atomic mass is 32.2. The van der Waals surface area contributed by atoms with Crippen molar-refractivity contribution in [3.63, 3.8) is 0 Å². The van der Waals surface area contributed by atoms with Crippen LogP contribution in [-0.2, 0) is 27.6 Å². The largest absolute Gasteiger partial charge is 0.444 e. The summed E-state index contributed by atoms with van der Waals surface area (Å²) in [4.78, 5) is 21.9. The fourth-order valence-corrected chi connectivity index (χ4v) is 7.01. The van der Waals surface area contributed by atoms with Gasteiger partial charge in [0.05, 0.1) is 16.1 Å². The Hall–Kier alpha value is -4.32. The topological polar surface area (TPSA) is 148 Å². The molecule has 46 heavy (non-hydrogen) atoms. The van der Waals surface area contributed by atoms with Crippen LogP contribution in [-0.4, -0.2) is 52.4 Å². The van der Waals surface area contributed by atoms with E-state index in [1.54, 1.807) is 37.3 Å². The van der Waals surface area contributed by atoms with E-state index in [-0.39, 0.29) is 28.9 Å². The molecule has 2 heterocycles. The van der Waals surface area contributed by atoms with Crippen LogP contribution in [0.3, 0.4) is 0 Å². The number of benzene rings is 2. The molecule has 3 N–H and O–H groups in total. The van der Waals surface area contributed by atoms with Crippen LogP contribution >= 0.6 is 0 Å². The third-order valence-corrected chi connectivity index (χ3v) is 9.59. The Morgan fingerprint density at radius 3 is 2.33 bits per heavy atom. The molecule has 244 valence electrons. The summed E-state index contributed by atoms with van der Waals surface area (Å²) in [6.07, 6.45) is 6.32. The Kier molecular flexibility index (Phi) is 9.76. The molecule has 1 saturated carbocycles. The number of anilines is 2. The van der Waals surface area contributed by atoms with E-state index in [0.717, 1.165) is 59.7 Å². The van der Waals surface area contributed by atoms with E-state index in [4.69, 9.17) is 9.72 Å². The van der Waals surface area contributed by atoms with Crippen LogP contribution < -0.4 is 15.4 Å². The van der Waals surface area contributed by atoms with Crippen LogP contribution in [0.5, 0.6) is 0 Å². The zero-order chi connectivity index (χ0) is 33.1. The minimum atomic E-state index is -3.81. The Morgan fingerprint density at radius 2 is 1.65 bits per heavy atom. The molecule has 0 radical (unpaired) electrons. The second-order valence-electron chi connectivity index (χ2n) is 12.8. The third kappa shape index (κ3) is 7.90. The predicted octanol–water partition coefficient (Wildman–Crippen LogP) is 6.57. The average molecular weight is 646 g/mol. The molecule has 0 unspecified atom stereocenters. The van der Waals surface area contributed by atoms with Crippen molar-refractivity contribution in [3.05, 3.63) is 65.4 Å². The normalized spacial score (nSPS) is 17.0. The maximum absolute atomic E-state index is 13.0. The number of carbonyl (C=O) groups is 1. The fraction of sp³-hybridized carbons (Fsp3) is 0.441. The number of amides is 1. The van der Waals surface area contributed by atoms with Crippen LogP contribution in [0.15, 0.2) is 53.6 Å². The summed E-state index contributed by atoms with van der Waals surface area (Å²) >= 11 is 0. The zero-order valence-electron chi connectivity index (χ0n) is 27.3. The Balaban J connectivity index is 1.31. The van der Waals surface area contributed by atoms with Crippen LogP contribution in [0.4, 0.5) is 16.6 Å². The first-order valence-electron chi connectivity index (χ1n) is 15.9. The summed E-state index contributed by atoms with van der Waals surface area (Å²) in [6.45, 7) is 11.4. The number of hydrogen-bond acceptors (Lipinski definition) is 9. The van der Waals surface area contributed by atoms with Crippen molar-refractivity contribution in [2.24, 2.45) is 0 Å². The molecule has 0 bridgehead atoms. The zero-order valence-corrected chi connectivity index (χ0v) is 28.2. The van der Waals surface area contributed by atoms with Crippen LogP contribution in [0, 0.1) is 6.92 Å². The van der Waals surface area contributed by atoms with Gasteiger partial charge in [0.25, 0.3) is 10.0 Å². The SMILES string of the molecule is CCc1cc(NS(=O)(=O)c2ccccc2C)nnc1-c1cc(CC)c2nc(NC3CCC(NC(=O)OC(C)(C)C)CC3)ncc2c1. The Labute approximate surface area is 271 Å². The molecule has 12 heteroatoms. The summed E-state index contributed by atoms with van der Waals surface area (Å²) < 4.78 is 34.1. The van der Waals surface area contributed by atoms with Crippen LogP contribution in [0.25, 0.3) is 22.2 Å². The van der Waals surface area contributed by atoms with Gasteiger partial charge in [-0.2, -0.15) is 0 Å². The maximum atomic E-state index is 13.0. The molecule has 1 amide bonds. The first kappa shape index (κ1) is 33.1. The molecule has 0 spiro atoms. The molecule has 1 aliphatic carbocycles. The standard InChI is InChI=1S/C34H43N7O4S/c1-7-22-17-24(31-23(8-2)19-29(39-40-31)41-46(43,44)28-12-10-9-11-21(28)3)18-25-20-35-32(38-30(22)25)36-26-13-15-27(16-14-26)37-33(42)45-34(4,5)6/h9-12,17-20,26-27H,7-8,13-16H2,1-6H3,(H,37,42)(H,39,41)(H,35,36,38). The van der Waals surface area contributed by atoms with Gasteiger partial charge in [0.1, 0.15) is 5.60 Å². The first-order chi connectivity index (χ1) is 21.8. The lowest BCUT2D eigenvalue weighted by Crippen LogP contribution is -2.42. The Morgan fingerprint density at radius 1 is 0.957 bits per heavy atom. The minimum Gasteiger partial charge on any atom is -0.444 e. The lowest BCUT2D eigenvalue weighted by molar-refractivity contribution is 0.0492. The molecule has 0 aliphatic heterocycles.